The first-order valence-electron chi connectivity index (χ1n) is 9.20. The molecule has 0 aliphatic carbocycles. The summed E-state index contributed by atoms with van der Waals surface area (Å²) in [6.07, 6.45) is 4.60. The molecule has 0 saturated carbocycles. The molecule has 7 nitrogen and oxygen atoms in total. The summed E-state index contributed by atoms with van der Waals surface area (Å²) in [5.74, 6) is 0.427. The third-order valence-electron chi connectivity index (χ3n) is 4.49. The Bertz CT molecular complexity index is 1130. The van der Waals surface area contributed by atoms with Gasteiger partial charge in [-0.2, -0.15) is 5.10 Å². The lowest BCUT2D eigenvalue weighted by Crippen LogP contribution is -2.13. The number of unbranched alkanes of at least 4 members (excludes halogenated alkanes) is 1. The number of rotatable bonds is 6. The van der Waals surface area contributed by atoms with E-state index in [0.29, 0.717) is 16.5 Å². The van der Waals surface area contributed by atoms with Gasteiger partial charge in [0.15, 0.2) is 5.82 Å². The van der Waals surface area contributed by atoms with Crippen molar-refractivity contribution >= 4 is 33.3 Å². The fourth-order valence-electron chi connectivity index (χ4n) is 2.93. The standard InChI is InChI=1S/C20H20N6OS/c1-3-4-9-18-24-25-20(28-18)23-19(27)15-12-21-26(13(15)2)17-11-10-14-7-5-6-8-16(14)22-17/h5-8,10-12H,3-4,9H2,1-2H3,(H,23,25,27). The van der Waals surface area contributed by atoms with Crippen LogP contribution in [0.5, 0.6) is 0 Å². The van der Waals surface area contributed by atoms with Gasteiger partial charge in [0.05, 0.1) is 23.0 Å². The van der Waals surface area contributed by atoms with Gasteiger partial charge in [-0.15, -0.1) is 10.2 Å². The molecule has 0 aliphatic rings. The summed E-state index contributed by atoms with van der Waals surface area (Å²) in [4.78, 5) is 17.3. The molecule has 3 heterocycles. The van der Waals surface area contributed by atoms with Crippen LogP contribution in [-0.2, 0) is 6.42 Å². The molecule has 0 radical (unpaired) electrons. The maximum atomic E-state index is 12.7. The summed E-state index contributed by atoms with van der Waals surface area (Å²) in [7, 11) is 0. The topological polar surface area (TPSA) is 85.6 Å². The zero-order valence-corrected chi connectivity index (χ0v) is 16.5. The van der Waals surface area contributed by atoms with Gasteiger partial charge in [0, 0.05) is 11.8 Å². The average Bonchev–Trinajstić information content (AvgIpc) is 3.32. The number of pyridine rings is 1. The van der Waals surface area contributed by atoms with E-state index in [1.54, 1.807) is 10.9 Å². The largest absolute Gasteiger partial charge is 0.296 e. The molecule has 8 heteroatoms. The van der Waals surface area contributed by atoms with Crippen molar-refractivity contribution in [2.45, 2.75) is 33.1 Å². The number of hydrogen-bond donors (Lipinski definition) is 1. The third kappa shape index (κ3) is 3.63. The molecular weight excluding hydrogens is 372 g/mol. The smallest absolute Gasteiger partial charge is 0.260 e. The number of carbonyl (C=O) groups excluding carboxylic acids is 1. The van der Waals surface area contributed by atoms with Crippen molar-refractivity contribution in [1.29, 1.82) is 0 Å². The summed E-state index contributed by atoms with van der Waals surface area (Å²) in [6, 6.07) is 11.8. The van der Waals surface area contributed by atoms with Crippen LogP contribution in [0.4, 0.5) is 5.13 Å². The van der Waals surface area contributed by atoms with E-state index in [1.165, 1.54) is 11.3 Å². The maximum absolute atomic E-state index is 12.7. The Balaban J connectivity index is 1.55. The number of aryl methyl sites for hydroxylation is 1. The van der Waals surface area contributed by atoms with Crippen LogP contribution in [0, 0.1) is 6.92 Å². The predicted octanol–water partition coefficient (Wildman–Crippen LogP) is 4.18. The van der Waals surface area contributed by atoms with E-state index in [9.17, 15) is 4.79 Å². The molecule has 0 saturated heterocycles. The Hall–Kier alpha value is -3.13. The lowest BCUT2D eigenvalue weighted by atomic mass is 10.2. The molecular formula is C20H20N6OS. The van der Waals surface area contributed by atoms with Crippen LogP contribution >= 0.6 is 11.3 Å². The van der Waals surface area contributed by atoms with Crippen molar-refractivity contribution in [3.8, 4) is 5.82 Å². The van der Waals surface area contributed by atoms with Crippen molar-refractivity contribution in [2.75, 3.05) is 5.32 Å². The van der Waals surface area contributed by atoms with E-state index in [0.717, 1.165) is 40.9 Å². The quantitative estimate of drug-likeness (QED) is 0.532. The van der Waals surface area contributed by atoms with Crippen molar-refractivity contribution in [3.63, 3.8) is 0 Å². The number of hydrogen-bond acceptors (Lipinski definition) is 6. The maximum Gasteiger partial charge on any atom is 0.260 e. The SMILES string of the molecule is CCCCc1nnc(NC(=O)c2cnn(-c3ccc4ccccc4n3)c2C)s1. The fraction of sp³-hybridized carbons (Fsp3) is 0.250. The Labute approximate surface area is 166 Å². The number of carbonyl (C=O) groups is 1. The van der Waals surface area contributed by atoms with E-state index >= 15 is 0 Å². The van der Waals surface area contributed by atoms with E-state index in [4.69, 9.17) is 0 Å². The summed E-state index contributed by atoms with van der Waals surface area (Å²) in [5.41, 5.74) is 2.09. The van der Waals surface area contributed by atoms with Crippen LogP contribution in [-0.4, -0.2) is 30.9 Å². The van der Waals surface area contributed by atoms with E-state index in [2.05, 4.69) is 32.5 Å². The minimum atomic E-state index is -0.247. The highest BCUT2D eigenvalue weighted by atomic mass is 32.1. The molecule has 1 aromatic carbocycles. The van der Waals surface area contributed by atoms with Gasteiger partial charge in [-0.25, -0.2) is 9.67 Å². The van der Waals surface area contributed by atoms with Gasteiger partial charge in [-0.3, -0.25) is 10.1 Å². The minimum absolute atomic E-state index is 0.247. The number of para-hydroxylation sites is 1. The van der Waals surface area contributed by atoms with Gasteiger partial charge in [-0.1, -0.05) is 42.9 Å². The molecule has 142 valence electrons. The zero-order valence-electron chi connectivity index (χ0n) is 15.7. The molecule has 0 unspecified atom stereocenters. The zero-order chi connectivity index (χ0) is 19.5. The first-order valence-corrected chi connectivity index (χ1v) is 10.0. The van der Waals surface area contributed by atoms with Crippen LogP contribution < -0.4 is 5.32 Å². The minimum Gasteiger partial charge on any atom is -0.296 e. The van der Waals surface area contributed by atoms with Crippen LogP contribution in [0.25, 0.3) is 16.7 Å². The van der Waals surface area contributed by atoms with Gasteiger partial charge in [0.25, 0.3) is 5.91 Å². The second-order valence-corrected chi connectivity index (χ2v) is 7.54. The van der Waals surface area contributed by atoms with Gasteiger partial charge in [0.2, 0.25) is 5.13 Å². The molecule has 0 fully saturated rings. The number of fused-ring (bicyclic) bond motifs is 1. The second-order valence-electron chi connectivity index (χ2n) is 6.48. The van der Waals surface area contributed by atoms with Crippen LogP contribution in [0.15, 0.2) is 42.6 Å². The van der Waals surface area contributed by atoms with Crippen LogP contribution in [0.2, 0.25) is 0 Å². The number of nitrogens with one attached hydrogen (secondary N) is 1. The Morgan fingerprint density at radius 3 is 2.89 bits per heavy atom. The summed E-state index contributed by atoms with van der Waals surface area (Å²) in [5, 5.41) is 17.9. The predicted molar refractivity (Wildman–Crippen MR) is 110 cm³/mol. The number of nitrogens with zero attached hydrogens (tertiary/aromatic N) is 5. The van der Waals surface area contributed by atoms with E-state index < -0.39 is 0 Å². The molecule has 4 aromatic rings. The molecule has 0 aliphatic heterocycles. The summed E-state index contributed by atoms with van der Waals surface area (Å²) in [6.45, 7) is 3.99. The number of anilines is 1. The van der Waals surface area contributed by atoms with Gasteiger partial charge < -0.3 is 0 Å². The Kier molecular flexibility index (Phi) is 5.12. The van der Waals surface area contributed by atoms with Crippen molar-refractivity contribution < 1.29 is 4.79 Å². The highest BCUT2D eigenvalue weighted by molar-refractivity contribution is 7.15. The third-order valence-corrected chi connectivity index (χ3v) is 5.39. The Morgan fingerprint density at radius 1 is 1.18 bits per heavy atom. The fourth-order valence-corrected chi connectivity index (χ4v) is 3.71. The van der Waals surface area contributed by atoms with E-state index in [-0.39, 0.29) is 5.91 Å². The monoisotopic (exact) mass is 392 g/mol. The lowest BCUT2D eigenvalue weighted by molar-refractivity contribution is 0.102. The summed E-state index contributed by atoms with van der Waals surface area (Å²) >= 11 is 1.41. The molecule has 0 bridgehead atoms. The molecule has 1 amide bonds. The first-order chi connectivity index (χ1) is 13.7. The number of aromatic nitrogens is 5. The van der Waals surface area contributed by atoms with Crippen LogP contribution in [0.3, 0.4) is 0 Å². The van der Waals surface area contributed by atoms with Crippen molar-refractivity contribution in [2.24, 2.45) is 0 Å². The van der Waals surface area contributed by atoms with Crippen LogP contribution in [0.1, 0.15) is 40.8 Å². The normalized spacial score (nSPS) is 11.1. The summed E-state index contributed by atoms with van der Waals surface area (Å²) < 4.78 is 1.67. The van der Waals surface area contributed by atoms with Crippen molar-refractivity contribution in [1.82, 2.24) is 25.0 Å². The molecule has 1 N–H and O–H groups in total. The molecule has 0 atom stereocenters. The van der Waals surface area contributed by atoms with E-state index in [1.807, 2.05) is 43.3 Å². The molecule has 0 spiro atoms. The molecule has 3 aromatic heterocycles. The highest BCUT2D eigenvalue weighted by Crippen LogP contribution is 2.20. The highest BCUT2D eigenvalue weighted by Gasteiger charge is 2.17. The first kappa shape index (κ1) is 18.2. The van der Waals surface area contributed by atoms with Crippen molar-refractivity contribution in [3.05, 3.63) is 58.9 Å². The van der Waals surface area contributed by atoms with Gasteiger partial charge in [0.1, 0.15) is 5.01 Å². The lowest BCUT2D eigenvalue weighted by Gasteiger charge is -2.06. The molecule has 28 heavy (non-hydrogen) atoms. The molecule has 4 rings (SSSR count). The number of benzene rings is 1. The number of amides is 1. The average molecular weight is 392 g/mol. The Morgan fingerprint density at radius 2 is 2.04 bits per heavy atom. The van der Waals surface area contributed by atoms with Gasteiger partial charge >= 0.3 is 0 Å². The van der Waals surface area contributed by atoms with Gasteiger partial charge in [-0.05, 0) is 31.5 Å². The second kappa shape index (κ2) is 7.85.